The molecule has 2 aromatic heterocycles. The maximum absolute atomic E-state index is 13.7. The van der Waals surface area contributed by atoms with Crippen LogP contribution in [0.1, 0.15) is 41.8 Å². The molecule has 8 heteroatoms. The van der Waals surface area contributed by atoms with Gasteiger partial charge in [0.1, 0.15) is 0 Å². The van der Waals surface area contributed by atoms with Crippen molar-refractivity contribution < 1.29 is 13.6 Å². The summed E-state index contributed by atoms with van der Waals surface area (Å²) in [7, 11) is 0. The van der Waals surface area contributed by atoms with Gasteiger partial charge in [0, 0.05) is 13.0 Å². The number of rotatable bonds is 2. The first kappa shape index (κ1) is 12.8. The second-order valence-electron chi connectivity index (χ2n) is 5.19. The Labute approximate surface area is 114 Å². The lowest BCUT2D eigenvalue weighted by molar-refractivity contribution is 0.0681. The molecule has 0 aromatic carbocycles. The van der Waals surface area contributed by atoms with Crippen molar-refractivity contribution in [2.24, 2.45) is 0 Å². The number of nitrogens with zero attached hydrogens (tertiary/aromatic N) is 4. The van der Waals surface area contributed by atoms with Crippen LogP contribution in [0.4, 0.5) is 4.39 Å². The Morgan fingerprint density at radius 1 is 1.50 bits per heavy atom. The van der Waals surface area contributed by atoms with E-state index in [0.717, 1.165) is 11.4 Å². The molecule has 1 aliphatic heterocycles. The molecule has 106 valence electrons. The van der Waals surface area contributed by atoms with Gasteiger partial charge >= 0.3 is 11.8 Å². The summed E-state index contributed by atoms with van der Waals surface area (Å²) >= 11 is 0. The average Bonchev–Trinajstić information content (AvgIpc) is 3.05. The van der Waals surface area contributed by atoms with Gasteiger partial charge in [0.25, 0.3) is 5.89 Å². The number of fused-ring (bicyclic) bond motifs is 1. The highest BCUT2D eigenvalue weighted by atomic mass is 19.1. The van der Waals surface area contributed by atoms with Crippen molar-refractivity contribution in [3.8, 4) is 0 Å². The zero-order valence-corrected chi connectivity index (χ0v) is 11.2. The minimum absolute atomic E-state index is 0.186. The fraction of sp³-hybridized carbons (Fsp3) is 0.500. The standard InChI is InChI=1S/C12H14FN5O2/c1-12(2,13)11-17-16-9(20-11)10(19)18-4-3-7-8(5-18)15-6-14-7/h6H,3-5H2,1-2H3,(H,14,15). The quantitative estimate of drug-likeness (QED) is 0.892. The topological polar surface area (TPSA) is 87.9 Å². The van der Waals surface area contributed by atoms with Crippen molar-refractivity contribution in [2.45, 2.75) is 32.5 Å². The van der Waals surface area contributed by atoms with Crippen molar-refractivity contribution in [1.82, 2.24) is 25.1 Å². The number of H-pyrrole nitrogens is 1. The van der Waals surface area contributed by atoms with Gasteiger partial charge in [-0.25, -0.2) is 9.37 Å². The summed E-state index contributed by atoms with van der Waals surface area (Å²) in [5, 5.41) is 7.21. The van der Waals surface area contributed by atoms with Gasteiger partial charge in [0.05, 0.1) is 24.3 Å². The van der Waals surface area contributed by atoms with Crippen LogP contribution in [-0.4, -0.2) is 37.5 Å². The van der Waals surface area contributed by atoms with E-state index in [0.29, 0.717) is 19.5 Å². The van der Waals surface area contributed by atoms with Gasteiger partial charge in [0.15, 0.2) is 5.67 Å². The Morgan fingerprint density at radius 3 is 3.00 bits per heavy atom. The number of aromatic amines is 1. The van der Waals surface area contributed by atoms with Gasteiger partial charge in [-0.3, -0.25) is 4.79 Å². The van der Waals surface area contributed by atoms with Gasteiger partial charge < -0.3 is 14.3 Å². The Bertz CT molecular complexity index is 642. The molecule has 0 unspecified atom stereocenters. The fourth-order valence-electron chi connectivity index (χ4n) is 2.07. The summed E-state index contributed by atoms with van der Waals surface area (Å²) in [4.78, 5) is 21.0. The highest BCUT2D eigenvalue weighted by Gasteiger charge is 2.31. The molecule has 20 heavy (non-hydrogen) atoms. The van der Waals surface area contributed by atoms with Crippen molar-refractivity contribution >= 4 is 5.91 Å². The molecule has 0 radical (unpaired) electrons. The second-order valence-corrected chi connectivity index (χ2v) is 5.19. The summed E-state index contributed by atoms with van der Waals surface area (Å²) in [5.41, 5.74) is 0.101. The Kier molecular flexibility index (Phi) is 2.81. The van der Waals surface area contributed by atoms with Crippen molar-refractivity contribution in [1.29, 1.82) is 0 Å². The highest BCUT2D eigenvalue weighted by molar-refractivity contribution is 5.89. The van der Waals surface area contributed by atoms with Crippen LogP contribution < -0.4 is 0 Å². The van der Waals surface area contributed by atoms with Crippen molar-refractivity contribution in [3.63, 3.8) is 0 Å². The maximum atomic E-state index is 13.7. The van der Waals surface area contributed by atoms with Crippen molar-refractivity contribution in [2.75, 3.05) is 6.54 Å². The number of hydrogen-bond acceptors (Lipinski definition) is 5. The maximum Gasteiger partial charge on any atom is 0.311 e. The van der Waals surface area contributed by atoms with Gasteiger partial charge in [0.2, 0.25) is 0 Å². The molecule has 3 heterocycles. The molecule has 0 saturated carbocycles. The first-order valence-electron chi connectivity index (χ1n) is 6.28. The number of hydrogen-bond donors (Lipinski definition) is 1. The van der Waals surface area contributed by atoms with E-state index in [1.165, 1.54) is 13.8 Å². The number of alkyl halides is 1. The Balaban J connectivity index is 1.79. The van der Waals surface area contributed by atoms with Crippen LogP contribution in [0.3, 0.4) is 0 Å². The molecular weight excluding hydrogens is 265 g/mol. The summed E-state index contributed by atoms with van der Waals surface area (Å²) in [6.07, 6.45) is 2.27. The molecular formula is C12H14FN5O2. The van der Waals surface area contributed by atoms with E-state index >= 15 is 0 Å². The second kappa shape index (κ2) is 4.39. The molecule has 1 aliphatic rings. The molecule has 1 N–H and O–H groups in total. The number of imidazole rings is 1. The molecule has 0 saturated heterocycles. The number of halogens is 1. The van der Waals surface area contributed by atoms with Crippen LogP contribution in [0.15, 0.2) is 10.7 Å². The lowest BCUT2D eigenvalue weighted by Crippen LogP contribution is -2.36. The summed E-state index contributed by atoms with van der Waals surface area (Å²) in [6.45, 7) is 3.53. The van der Waals surface area contributed by atoms with E-state index in [2.05, 4.69) is 20.2 Å². The molecule has 0 bridgehead atoms. The monoisotopic (exact) mass is 279 g/mol. The molecule has 3 rings (SSSR count). The lowest BCUT2D eigenvalue weighted by Gasteiger charge is -2.24. The lowest BCUT2D eigenvalue weighted by atomic mass is 10.1. The van der Waals surface area contributed by atoms with E-state index in [9.17, 15) is 9.18 Å². The third-order valence-electron chi connectivity index (χ3n) is 3.18. The van der Waals surface area contributed by atoms with Crippen LogP contribution in [-0.2, 0) is 18.6 Å². The average molecular weight is 279 g/mol. The number of nitrogens with one attached hydrogen (secondary N) is 1. The Morgan fingerprint density at radius 2 is 2.30 bits per heavy atom. The zero-order valence-electron chi connectivity index (χ0n) is 11.2. The van der Waals surface area contributed by atoms with Crippen LogP contribution in [0.25, 0.3) is 0 Å². The van der Waals surface area contributed by atoms with Gasteiger partial charge in [-0.15, -0.1) is 10.2 Å². The Hall–Kier alpha value is -2.25. The third-order valence-corrected chi connectivity index (χ3v) is 3.18. The first-order valence-corrected chi connectivity index (χ1v) is 6.28. The number of aromatic nitrogens is 4. The molecule has 2 aromatic rings. The molecule has 0 aliphatic carbocycles. The first-order chi connectivity index (χ1) is 9.45. The van der Waals surface area contributed by atoms with Gasteiger partial charge in [-0.2, -0.15) is 0 Å². The van der Waals surface area contributed by atoms with Crippen LogP contribution >= 0.6 is 0 Å². The molecule has 1 amide bonds. The summed E-state index contributed by atoms with van der Waals surface area (Å²) < 4.78 is 18.8. The number of amides is 1. The van der Waals surface area contributed by atoms with Crippen molar-refractivity contribution in [3.05, 3.63) is 29.5 Å². The van der Waals surface area contributed by atoms with E-state index in [4.69, 9.17) is 4.42 Å². The molecule has 7 nitrogen and oxygen atoms in total. The number of carbonyl (C=O) groups is 1. The number of carbonyl (C=O) groups excluding carboxylic acids is 1. The molecule has 0 spiro atoms. The van der Waals surface area contributed by atoms with Crippen LogP contribution in [0.2, 0.25) is 0 Å². The highest BCUT2D eigenvalue weighted by Crippen LogP contribution is 2.24. The van der Waals surface area contributed by atoms with E-state index < -0.39 is 11.6 Å². The van der Waals surface area contributed by atoms with Gasteiger partial charge in [-0.1, -0.05) is 0 Å². The fourth-order valence-corrected chi connectivity index (χ4v) is 2.07. The summed E-state index contributed by atoms with van der Waals surface area (Å²) in [5.74, 6) is -0.776. The smallest absolute Gasteiger partial charge is 0.311 e. The zero-order chi connectivity index (χ0) is 14.3. The largest absolute Gasteiger partial charge is 0.413 e. The summed E-state index contributed by atoms with van der Waals surface area (Å²) in [6, 6.07) is 0. The molecule has 0 fully saturated rings. The van der Waals surface area contributed by atoms with Gasteiger partial charge in [-0.05, 0) is 13.8 Å². The minimum Gasteiger partial charge on any atom is -0.413 e. The van der Waals surface area contributed by atoms with Crippen LogP contribution in [0.5, 0.6) is 0 Å². The third kappa shape index (κ3) is 2.17. The van der Waals surface area contributed by atoms with E-state index in [1.54, 1.807) is 11.2 Å². The minimum atomic E-state index is -1.76. The molecule has 0 atom stereocenters. The SMILES string of the molecule is CC(C)(F)c1nnc(C(=O)N2CCc3nc[nH]c3C2)o1. The normalized spacial score (nSPS) is 15.2. The van der Waals surface area contributed by atoms with E-state index in [1.807, 2.05) is 0 Å². The van der Waals surface area contributed by atoms with E-state index in [-0.39, 0.29) is 11.8 Å². The predicted octanol–water partition coefficient (Wildman–Crippen LogP) is 1.20. The van der Waals surface area contributed by atoms with Crippen LogP contribution in [0, 0.1) is 0 Å². The predicted molar refractivity (Wildman–Crippen MR) is 65.5 cm³/mol.